The zero-order valence-corrected chi connectivity index (χ0v) is 11.1. The number of esters is 1. The highest BCUT2D eigenvalue weighted by atomic mass is 35.5. The molecule has 0 aliphatic carbocycles. The van der Waals surface area contributed by atoms with Crippen LogP contribution in [0.2, 0.25) is 5.02 Å². The van der Waals surface area contributed by atoms with E-state index in [4.69, 9.17) is 16.3 Å². The molecule has 2 rings (SSSR count). The molecule has 0 amide bonds. The molecule has 0 saturated heterocycles. The van der Waals surface area contributed by atoms with Crippen LogP contribution in [0.25, 0.3) is 0 Å². The first-order valence-electron chi connectivity index (χ1n) is 5.58. The van der Waals surface area contributed by atoms with Gasteiger partial charge in [0.25, 0.3) is 0 Å². The first-order valence-corrected chi connectivity index (χ1v) is 5.95. The van der Waals surface area contributed by atoms with Gasteiger partial charge in [-0.3, -0.25) is 10.1 Å². The van der Waals surface area contributed by atoms with Crippen molar-refractivity contribution in [2.75, 3.05) is 0 Å². The Labute approximate surface area is 123 Å². The summed E-state index contributed by atoms with van der Waals surface area (Å²) in [5.41, 5.74) is -1.57. The molecule has 0 saturated carbocycles. The maximum Gasteiger partial charge on any atom is 0.351 e. The molecule has 0 aliphatic heterocycles. The van der Waals surface area contributed by atoms with Crippen molar-refractivity contribution in [3.05, 3.63) is 57.1 Å². The van der Waals surface area contributed by atoms with Gasteiger partial charge in [-0.15, -0.1) is 0 Å². The third-order valence-corrected chi connectivity index (χ3v) is 2.85. The largest absolute Gasteiger partial charge is 0.505 e. The summed E-state index contributed by atoms with van der Waals surface area (Å²) in [7, 11) is 0. The number of nitro benzene ring substituents is 1. The van der Waals surface area contributed by atoms with E-state index in [-0.39, 0.29) is 5.75 Å². The predicted octanol–water partition coefficient (Wildman–Crippen LogP) is 2.88. The lowest BCUT2D eigenvalue weighted by atomic mass is 10.1. The fraction of sp³-hybridized carbons (Fsp3) is 0. The second-order valence-electron chi connectivity index (χ2n) is 3.91. The van der Waals surface area contributed by atoms with Crippen LogP contribution in [0.5, 0.6) is 17.2 Å². The first-order chi connectivity index (χ1) is 9.91. The Balaban J connectivity index is 2.48. The molecule has 21 heavy (non-hydrogen) atoms. The molecule has 7 nitrogen and oxygen atoms in total. The molecule has 2 aromatic carbocycles. The number of ether oxygens (including phenoxy) is 1. The summed E-state index contributed by atoms with van der Waals surface area (Å²) in [5.74, 6) is -2.82. The monoisotopic (exact) mass is 309 g/mol. The maximum atomic E-state index is 12.0. The summed E-state index contributed by atoms with van der Waals surface area (Å²) in [4.78, 5) is 21.8. The van der Waals surface area contributed by atoms with Gasteiger partial charge in [-0.2, -0.15) is 0 Å². The topological polar surface area (TPSA) is 110 Å². The predicted molar refractivity (Wildman–Crippen MR) is 72.8 cm³/mol. The molecule has 0 aliphatic rings. The lowest BCUT2D eigenvalue weighted by Gasteiger charge is -2.09. The molecule has 0 bridgehead atoms. The molecule has 0 fully saturated rings. The number of hydrogen-bond donors (Lipinski definition) is 2. The van der Waals surface area contributed by atoms with Gasteiger partial charge in [0.1, 0.15) is 5.75 Å². The molecule has 0 radical (unpaired) electrons. The smallest absolute Gasteiger partial charge is 0.351 e. The normalized spacial score (nSPS) is 10.1. The lowest BCUT2D eigenvalue weighted by molar-refractivity contribution is -0.385. The van der Waals surface area contributed by atoms with E-state index in [1.165, 1.54) is 12.1 Å². The minimum atomic E-state index is -1.16. The average Bonchev–Trinajstić information content (AvgIpc) is 2.43. The molecule has 0 atom stereocenters. The summed E-state index contributed by atoms with van der Waals surface area (Å²) >= 11 is 5.61. The van der Waals surface area contributed by atoms with Crippen LogP contribution < -0.4 is 4.74 Å². The van der Waals surface area contributed by atoms with Gasteiger partial charge in [0.05, 0.1) is 9.95 Å². The Morgan fingerprint density at radius 3 is 2.38 bits per heavy atom. The van der Waals surface area contributed by atoms with Gasteiger partial charge in [0, 0.05) is 6.07 Å². The lowest BCUT2D eigenvalue weighted by Crippen LogP contribution is -2.10. The highest BCUT2D eigenvalue weighted by molar-refractivity contribution is 6.33. The van der Waals surface area contributed by atoms with E-state index < -0.39 is 38.7 Å². The molecule has 2 N–H and O–H groups in total. The Morgan fingerprint density at radius 2 is 1.81 bits per heavy atom. The number of phenols is 2. The second-order valence-corrected chi connectivity index (χ2v) is 4.32. The van der Waals surface area contributed by atoms with Crippen molar-refractivity contribution < 1.29 is 24.7 Å². The Morgan fingerprint density at radius 1 is 1.19 bits per heavy atom. The van der Waals surface area contributed by atoms with Crippen molar-refractivity contribution in [3.8, 4) is 17.2 Å². The fourth-order valence-corrected chi connectivity index (χ4v) is 1.79. The maximum absolute atomic E-state index is 12.0. The van der Waals surface area contributed by atoms with Crippen molar-refractivity contribution in [1.29, 1.82) is 0 Å². The van der Waals surface area contributed by atoms with Crippen LogP contribution in [0.3, 0.4) is 0 Å². The van der Waals surface area contributed by atoms with Crippen molar-refractivity contribution in [1.82, 2.24) is 0 Å². The Hall–Kier alpha value is -2.80. The zero-order chi connectivity index (χ0) is 15.6. The minimum Gasteiger partial charge on any atom is -0.505 e. The quantitative estimate of drug-likeness (QED) is 0.390. The number of para-hydroxylation sites is 1. The standard InChI is InChI=1S/C13H8ClNO6/c14-8-6-9(15(19)20)12(17)10(11(8)16)13(18)21-7-4-2-1-3-5-7/h1-6,16-17H. The van der Waals surface area contributed by atoms with Gasteiger partial charge in [0.15, 0.2) is 11.3 Å². The SMILES string of the molecule is O=C(Oc1ccccc1)c1c(O)c(Cl)cc([N+](=O)[O-])c1O. The van der Waals surface area contributed by atoms with E-state index in [1.54, 1.807) is 18.2 Å². The van der Waals surface area contributed by atoms with Crippen LogP contribution in [0.1, 0.15) is 10.4 Å². The molecule has 8 heteroatoms. The van der Waals surface area contributed by atoms with E-state index in [2.05, 4.69) is 0 Å². The highest BCUT2D eigenvalue weighted by Gasteiger charge is 2.29. The van der Waals surface area contributed by atoms with E-state index in [1.807, 2.05) is 0 Å². The molecule has 0 heterocycles. The van der Waals surface area contributed by atoms with Crippen molar-refractivity contribution >= 4 is 23.3 Å². The summed E-state index contributed by atoms with van der Waals surface area (Å²) in [6, 6.07) is 8.56. The molecule has 0 unspecified atom stereocenters. The molecular formula is C13H8ClNO6. The van der Waals surface area contributed by atoms with Crippen LogP contribution in [0.15, 0.2) is 36.4 Å². The summed E-state index contributed by atoms with van der Waals surface area (Å²) in [5, 5.41) is 29.8. The number of halogens is 1. The molecule has 2 aromatic rings. The van der Waals surface area contributed by atoms with Gasteiger partial charge < -0.3 is 14.9 Å². The summed E-state index contributed by atoms with van der Waals surface area (Å²) in [6.07, 6.45) is 0. The summed E-state index contributed by atoms with van der Waals surface area (Å²) in [6.45, 7) is 0. The Bertz CT molecular complexity index is 716. The van der Waals surface area contributed by atoms with Gasteiger partial charge >= 0.3 is 11.7 Å². The van der Waals surface area contributed by atoms with Gasteiger partial charge in [-0.25, -0.2) is 4.79 Å². The minimum absolute atomic E-state index is 0.143. The first kappa shape index (κ1) is 14.6. The number of nitrogens with zero attached hydrogens (tertiary/aromatic N) is 1. The third kappa shape index (κ3) is 2.87. The number of hydrogen-bond acceptors (Lipinski definition) is 6. The summed E-state index contributed by atoms with van der Waals surface area (Å²) < 4.78 is 4.91. The van der Waals surface area contributed by atoms with Crippen molar-refractivity contribution in [3.63, 3.8) is 0 Å². The second kappa shape index (κ2) is 5.68. The van der Waals surface area contributed by atoms with Gasteiger partial charge in [-0.05, 0) is 12.1 Å². The van der Waals surface area contributed by atoms with Crippen LogP contribution in [0, 0.1) is 10.1 Å². The number of aromatic hydroxyl groups is 2. The van der Waals surface area contributed by atoms with Crippen LogP contribution in [-0.4, -0.2) is 21.1 Å². The molecule has 0 aromatic heterocycles. The van der Waals surface area contributed by atoms with E-state index >= 15 is 0 Å². The van der Waals surface area contributed by atoms with E-state index in [0.717, 1.165) is 6.07 Å². The van der Waals surface area contributed by atoms with Crippen LogP contribution in [-0.2, 0) is 0 Å². The van der Waals surface area contributed by atoms with Crippen LogP contribution >= 0.6 is 11.6 Å². The molecular weight excluding hydrogens is 302 g/mol. The van der Waals surface area contributed by atoms with E-state index in [0.29, 0.717) is 0 Å². The molecule has 0 spiro atoms. The van der Waals surface area contributed by atoms with E-state index in [9.17, 15) is 25.1 Å². The fourth-order valence-electron chi connectivity index (χ4n) is 1.60. The molecule has 108 valence electrons. The van der Waals surface area contributed by atoms with Gasteiger partial charge in [0.2, 0.25) is 5.75 Å². The number of nitro groups is 1. The van der Waals surface area contributed by atoms with Gasteiger partial charge in [-0.1, -0.05) is 29.8 Å². The number of phenolic OH excluding ortho intramolecular Hbond substituents is 2. The zero-order valence-electron chi connectivity index (χ0n) is 10.3. The number of carbonyl (C=O) groups is 1. The third-order valence-electron chi connectivity index (χ3n) is 2.56. The number of carbonyl (C=O) groups excluding carboxylic acids is 1. The number of rotatable bonds is 3. The average molecular weight is 310 g/mol. The van der Waals surface area contributed by atoms with Crippen molar-refractivity contribution in [2.45, 2.75) is 0 Å². The highest BCUT2D eigenvalue weighted by Crippen LogP contribution is 2.41. The van der Waals surface area contributed by atoms with Crippen LogP contribution in [0.4, 0.5) is 5.69 Å². The van der Waals surface area contributed by atoms with Crippen molar-refractivity contribution in [2.24, 2.45) is 0 Å². The Kier molecular flexibility index (Phi) is 3.95. The number of benzene rings is 2.